The molecule has 0 spiro atoms. The molecule has 0 aliphatic rings. The first kappa shape index (κ1) is 16.5. The van der Waals surface area contributed by atoms with Gasteiger partial charge < -0.3 is 14.8 Å². The minimum atomic E-state index is -0.750. The van der Waals surface area contributed by atoms with Crippen molar-refractivity contribution in [2.24, 2.45) is 0 Å². The molecular formula is C16H19N3O4. The predicted molar refractivity (Wildman–Crippen MR) is 86.1 cm³/mol. The van der Waals surface area contributed by atoms with E-state index in [4.69, 9.17) is 9.47 Å². The zero-order chi connectivity index (χ0) is 17.0. The molecule has 0 radical (unpaired) electrons. The van der Waals surface area contributed by atoms with Gasteiger partial charge in [-0.2, -0.15) is 5.10 Å². The predicted octanol–water partition coefficient (Wildman–Crippen LogP) is 1.77. The first-order chi connectivity index (χ1) is 10.9. The molecule has 2 rings (SSSR count). The van der Waals surface area contributed by atoms with Crippen molar-refractivity contribution in [3.8, 4) is 11.5 Å². The number of amides is 1. The molecule has 2 aromatic rings. The van der Waals surface area contributed by atoms with Gasteiger partial charge in [-0.1, -0.05) is 0 Å². The lowest BCUT2D eigenvalue weighted by Gasteiger charge is -2.15. The molecule has 0 fully saturated rings. The highest BCUT2D eigenvalue weighted by Crippen LogP contribution is 2.26. The molecule has 0 bridgehead atoms. The van der Waals surface area contributed by atoms with E-state index in [9.17, 15) is 9.59 Å². The number of ether oxygens (including phenoxy) is 2. The summed E-state index contributed by atoms with van der Waals surface area (Å²) in [5.74, 6) is 0.747. The number of methoxy groups -OCH3 is 2. The first-order valence-corrected chi connectivity index (χ1v) is 7.05. The normalized spacial score (nSPS) is 11.7. The Bertz CT molecular complexity index is 748. The zero-order valence-electron chi connectivity index (χ0n) is 13.5. The SMILES string of the molecule is COc1cc(NC(=O)C(C)n2nc(C)ccc2=O)cc(OC)c1. The van der Waals surface area contributed by atoms with E-state index in [-0.39, 0.29) is 11.5 Å². The van der Waals surface area contributed by atoms with Gasteiger partial charge in [0.1, 0.15) is 17.5 Å². The Morgan fingerprint density at radius 3 is 2.35 bits per heavy atom. The van der Waals surface area contributed by atoms with Gasteiger partial charge in [0.25, 0.3) is 5.56 Å². The number of benzene rings is 1. The lowest BCUT2D eigenvalue weighted by atomic mass is 10.2. The second-order valence-corrected chi connectivity index (χ2v) is 5.02. The van der Waals surface area contributed by atoms with Crippen LogP contribution >= 0.6 is 0 Å². The number of aromatic nitrogens is 2. The standard InChI is InChI=1S/C16H19N3O4/c1-10-5-6-15(20)19(18-10)11(2)16(21)17-12-7-13(22-3)9-14(8-12)23-4/h5-9,11H,1-4H3,(H,17,21). The minimum Gasteiger partial charge on any atom is -0.497 e. The molecular weight excluding hydrogens is 298 g/mol. The monoisotopic (exact) mass is 317 g/mol. The summed E-state index contributed by atoms with van der Waals surface area (Å²) in [5, 5.41) is 6.83. The van der Waals surface area contributed by atoms with Gasteiger partial charge in [0.05, 0.1) is 19.9 Å². The van der Waals surface area contributed by atoms with Gasteiger partial charge in [0.15, 0.2) is 0 Å². The van der Waals surface area contributed by atoms with Crippen molar-refractivity contribution in [3.05, 3.63) is 46.4 Å². The van der Waals surface area contributed by atoms with Crippen LogP contribution in [0.1, 0.15) is 18.7 Å². The van der Waals surface area contributed by atoms with Crippen molar-refractivity contribution in [1.29, 1.82) is 0 Å². The van der Waals surface area contributed by atoms with E-state index < -0.39 is 6.04 Å². The highest BCUT2D eigenvalue weighted by molar-refractivity contribution is 5.93. The Balaban J connectivity index is 2.24. The van der Waals surface area contributed by atoms with Crippen molar-refractivity contribution < 1.29 is 14.3 Å². The molecule has 1 N–H and O–H groups in total. The number of nitrogens with one attached hydrogen (secondary N) is 1. The third kappa shape index (κ3) is 3.88. The summed E-state index contributed by atoms with van der Waals surface area (Å²) in [6.45, 7) is 3.37. The molecule has 122 valence electrons. The third-order valence-corrected chi connectivity index (χ3v) is 3.32. The Hall–Kier alpha value is -2.83. The number of hydrogen-bond donors (Lipinski definition) is 1. The van der Waals surface area contributed by atoms with Gasteiger partial charge in [-0.15, -0.1) is 0 Å². The number of aryl methyl sites for hydroxylation is 1. The van der Waals surface area contributed by atoms with Crippen LogP contribution < -0.4 is 20.3 Å². The van der Waals surface area contributed by atoms with E-state index >= 15 is 0 Å². The molecule has 7 nitrogen and oxygen atoms in total. The second-order valence-electron chi connectivity index (χ2n) is 5.02. The number of anilines is 1. The van der Waals surface area contributed by atoms with Crippen LogP contribution in [0.4, 0.5) is 5.69 Å². The van der Waals surface area contributed by atoms with E-state index in [1.165, 1.54) is 20.3 Å². The van der Waals surface area contributed by atoms with Crippen molar-refractivity contribution in [3.63, 3.8) is 0 Å². The molecule has 1 aromatic carbocycles. The summed E-state index contributed by atoms with van der Waals surface area (Å²) in [7, 11) is 3.05. The Labute approximate surface area is 133 Å². The van der Waals surface area contributed by atoms with Gasteiger partial charge in [0.2, 0.25) is 5.91 Å². The number of carbonyl (C=O) groups is 1. The summed E-state index contributed by atoms with van der Waals surface area (Å²) >= 11 is 0. The van der Waals surface area contributed by atoms with E-state index in [2.05, 4.69) is 10.4 Å². The maximum Gasteiger partial charge on any atom is 0.267 e. The summed E-state index contributed by atoms with van der Waals surface area (Å²) in [5.41, 5.74) is 0.840. The highest BCUT2D eigenvalue weighted by Gasteiger charge is 2.18. The molecule has 0 saturated heterocycles. The molecule has 1 unspecified atom stereocenters. The number of carbonyl (C=O) groups excluding carboxylic acids is 1. The van der Waals surface area contributed by atoms with Crippen LogP contribution in [0.5, 0.6) is 11.5 Å². The van der Waals surface area contributed by atoms with Crippen LogP contribution in [0, 0.1) is 6.92 Å². The quantitative estimate of drug-likeness (QED) is 0.909. The van der Waals surface area contributed by atoms with Crippen LogP contribution in [0.3, 0.4) is 0 Å². The molecule has 0 aliphatic carbocycles. The van der Waals surface area contributed by atoms with Gasteiger partial charge >= 0.3 is 0 Å². The van der Waals surface area contributed by atoms with Gasteiger partial charge in [-0.25, -0.2) is 4.68 Å². The largest absolute Gasteiger partial charge is 0.497 e. The van der Waals surface area contributed by atoms with E-state index in [0.29, 0.717) is 22.9 Å². The van der Waals surface area contributed by atoms with E-state index in [1.54, 1.807) is 38.1 Å². The van der Waals surface area contributed by atoms with Crippen molar-refractivity contribution in [2.45, 2.75) is 19.9 Å². The van der Waals surface area contributed by atoms with Crippen LogP contribution in [-0.4, -0.2) is 29.9 Å². The number of rotatable bonds is 5. The number of nitrogens with zero attached hydrogens (tertiary/aromatic N) is 2. The maximum atomic E-state index is 12.4. The molecule has 1 heterocycles. The molecule has 0 saturated carbocycles. The molecule has 1 amide bonds. The van der Waals surface area contributed by atoms with E-state index in [0.717, 1.165) is 4.68 Å². The van der Waals surface area contributed by atoms with Crippen LogP contribution in [0.25, 0.3) is 0 Å². The zero-order valence-corrected chi connectivity index (χ0v) is 13.5. The summed E-state index contributed by atoms with van der Waals surface area (Å²) in [4.78, 5) is 24.2. The Morgan fingerprint density at radius 2 is 1.78 bits per heavy atom. The van der Waals surface area contributed by atoms with Crippen molar-refractivity contribution in [2.75, 3.05) is 19.5 Å². The van der Waals surface area contributed by atoms with Gasteiger partial charge in [0, 0.05) is 30.0 Å². The topological polar surface area (TPSA) is 82.5 Å². The lowest BCUT2D eigenvalue weighted by molar-refractivity contribution is -0.119. The van der Waals surface area contributed by atoms with Crippen LogP contribution in [0.15, 0.2) is 35.1 Å². The summed E-state index contributed by atoms with van der Waals surface area (Å²) in [6, 6.07) is 7.28. The number of hydrogen-bond acceptors (Lipinski definition) is 5. The molecule has 1 aromatic heterocycles. The van der Waals surface area contributed by atoms with Gasteiger partial charge in [-0.3, -0.25) is 9.59 Å². The third-order valence-electron chi connectivity index (χ3n) is 3.32. The maximum absolute atomic E-state index is 12.4. The first-order valence-electron chi connectivity index (χ1n) is 7.05. The fourth-order valence-corrected chi connectivity index (χ4v) is 2.04. The summed E-state index contributed by atoms with van der Waals surface area (Å²) < 4.78 is 11.5. The van der Waals surface area contributed by atoms with Crippen molar-refractivity contribution in [1.82, 2.24) is 9.78 Å². The smallest absolute Gasteiger partial charge is 0.267 e. The summed E-state index contributed by atoms with van der Waals surface area (Å²) in [6.07, 6.45) is 0. The van der Waals surface area contributed by atoms with Crippen LogP contribution in [-0.2, 0) is 4.79 Å². The highest BCUT2D eigenvalue weighted by atomic mass is 16.5. The molecule has 0 aliphatic heterocycles. The fourth-order valence-electron chi connectivity index (χ4n) is 2.04. The minimum absolute atomic E-state index is 0.332. The van der Waals surface area contributed by atoms with Crippen molar-refractivity contribution >= 4 is 11.6 Å². The lowest BCUT2D eigenvalue weighted by Crippen LogP contribution is -2.33. The second kappa shape index (κ2) is 6.95. The molecule has 1 atom stereocenters. The van der Waals surface area contributed by atoms with Crippen LogP contribution in [0.2, 0.25) is 0 Å². The average Bonchev–Trinajstić information content (AvgIpc) is 2.55. The van der Waals surface area contributed by atoms with Gasteiger partial charge in [-0.05, 0) is 19.9 Å². The Morgan fingerprint density at radius 1 is 1.17 bits per heavy atom. The fraction of sp³-hybridized carbons (Fsp3) is 0.312. The average molecular weight is 317 g/mol. The molecule has 23 heavy (non-hydrogen) atoms. The van der Waals surface area contributed by atoms with E-state index in [1.807, 2.05) is 0 Å². The Kier molecular flexibility index (Phi) is 5.00. The molecule has 7 heteroatoms.